The number of thiophene rings is 1. The Bertz CT molecular complexity index is 1310. The normalized spacial score (nSPS) is 11.0. The second-order valence-electron chi connectivity index (χ2n) is 6.36. The summed E-state index contributed by atoms with van der Waals surface area (Å²) in [5.74, 6) is 0.182. The lowest BCUT2D eigenvalue weighted by Crippen LogP contribution is -2.08. The fourth-order valence-corrected chi connectivity index (χ4v) is 3.54. The molecule has 5 aromatic rings. The quantitative estimate of drug-likeness (QED) is 0.355. The van der Waals surface area contributed by atoms with Crippen LogP contribution >= 0.6 is 11.3 Å². The smallest absolute Gasteiger partial charge is 0.378 e. The molecule has 0 amide bonds. The van der Waals surface area contributed by atoms with Gasteiger partial charge in [0.2, 0.25) is 5.76 Å². The number of carbonyl (C=O) groups is 1. The van der Waals surface area contributed by atoms with Gasteiger partial charge in [-0.05, 0) is 47.8 Å². The molecular formula is C21H13FN4O4S. The lowest BCUT2D eigenvalue weighted by molar-refractivity contribution is 0.0450. The van der Waals surface area contributed by atoms with E-state index in [1.165, 1.54) is 34.4 Å². The molecule has 4 heterocycles. The molecule has 0 radical (unpaired) electrons. The second-order valence-corrected chi connectivity index (χ2v) is 7.31. The molecule has 0 saturated heterocycles. The van der Waals surface area contributed by atoms with Crippen molar-refractivity contribution in [3.8, 4) is 27.9 Å². The number of furan rings is 1. The highest BCUT2D eigenvalue weighted by Gasteiger charge is 2.21. The van der Waals surface area contributed by atoms with Crippen molar-refractivity contribution in [3.05, 3.63) is 83.6 Å². The van der Waals surface area contributed by atoms with Crippen molar-refractivity contribution in [2.75, 3.05) is 0 Å². The predicted molar refractivity (Wildman–Crippen MR) is 108 cm³/mol. The van der Waals surface area contributed by atoms with Crippen LogP contribution in [0.15, 0.2) is 75.2 Å². The van der Waals surface area contributed by atoms with Crippen LogP contribution in [0.2, 0.25) is 0 Å². The number of rotatable bonds is 6. The largest absolute Gasteiger partial charge is 0.461 e. The highest BCUT2D eigenvalue weighted by atomic mass is 32.1. The highest BCUT2D eigenvalue weighted by Crippen LogP contribution is 2.26. The molecule has 0 aliphatic rings. The minimum atomic E-state index is -0.721. The standard InChI is InChI=1S/C21H13FN4O4S/c22-13-5-7-15(8-6-13)26-20(18-4-2-10-31-18)23-19(24-26)21(27)29-12-14-11-17(30-25-14)16-3-1-9-28-16/h1-11H,12H2. The Labute approximate surface area is 178 Å². The first-order valence-corrected chi connectivity index (χ1v) is 9.99. The summed E-state index contributed by atoms with van der Waals surface area (Å²) in [6, 6.07) is 14.5. The number of esters is 1. The number of benzene rings is 1. The molecule has 31 heavy (non-hydrogen) atoms. The Morgan fingerprint density at radius 1 is 1.13 bits per heavy atom. The zero-order chi connectivity index (χ0) is 21.2. The molecule has 5 rings (SSSR count). The number of halogens is 1. The van der Waals surface area contributed by atoms with Crippen LogP contribution in [0.4, 0.5) is 4.39 Å². The fraction of sp³-hybridized carbons (Fsp3) is 0.0476. The third kappa shape index (κ3) is 3.88. The van der Waals surface area contributed by atoms with Gasteiger partial charge in [0.25, 0.3) is 5.82 Å². The molecule has 0 fully saturated rings. The first-order valence-electron chi connectivity index (χ1n) is 9.11. The highest BCUT2D eigenvalue weighted by molar-refractivity contribution is 7.13. The SMILES string of the molecule is O=C(OCc1cc(-c2ccco2)on1)c1nc(-c2cccs2)n(-c2ccc(F)cc2)n1. The molecule has 0 unspecified atom stereocenters. The molecule has 4 aromatic heterocycles. The minimum Gasteiger partial charge on any atom is -0.461 e. The second kappa shape index (κ2) is 8.00. The van der Waals surface area contributed by atoms with Gasteiger partial charge in [-0.3, -0.25) is 0 Å². The van der Waals surface area contributed by atoms with Gasteiger partial charge in [0, 0.05) is 6.07 Å². The number of ether oxygens (including phenoxy) is 1. The van der Waals surface area contributed by atoms with Crippen LogP contribution in [0.3, 0.4) is 0 Å². The average Bonchev–Trinajstić information content (AvgIpc) is 3.58. The molecule has 10 heteroatoms. The Hall–Kier alpha value is -4.05. The van der Waals surface area contributed by atoms with Gasteiger partial charge in [0.15, 0.2) is 11.6 Å². The van der Waals surface area contributed by atoms with Crippen molar-refractivity contribution >= 4 is 17.3 Å². The first-order chi connectivity index (χ1) is 15.2. The molecule has 0 atom stereocenters. The van der Waals surface area contributed by atoms with Crippen LogP contribution in [0.25, 0.3) is 27.9 Å². The van der Waals surface area contributed by atoms with E-state index in [4.69, 9.17) is 13.7 Å². The van der Waals surface area contributed by atoms with Gasteiger partial charge in [-0.1, -0.05) is 11.2 Å². The molecule has 0 spiro atoms. The van der Waals surface area contributed by atoms with Crippen molar-refractivity contribution in [2.45, 2.75) is 6.61 Å². The summed E-state index contributed by atoms with van der Waals surface area (Å²) in [7, 11) is 0. The molecule has 0 N–H and O–H groups in total. The van der Waals surface area contributed by atoms with Crippen LogP contribution in [0, 0.1) is 5.82 Å². The summed E-state index contributed by atoms with van der Waals surface area (Å²) in [5.41, 5.74) is 0.979. The van der Waals surface area contributed by atoms with Gasteiger partial charge in [-0.15, -0.1) is 16.4 Å². The Morgan fingerprint density at radius 3 is 2.74 bits per heavy atom. The molecule has 8 nitrogen and oxygen atoms in total. The van der Waals surface area contributed by atoms with E-state index < -0.39 is 5.97 Å². The summed E-state index contributed by atoms with van der Waals surface area (Å²) in [4.78, 5) is 17.7. The van der Waals surface area contributed by atoms with Crippen molar-refractivity contribution in [1.29, 1.82) is 0 Å². The van der Waals surface area contributed by atoms with Crippen molar-refractivity contribution in [1.82, 2.24) is 19.9 Å². The van der Waals surface area contributed by atoms with E-state index in [-0.39, 0.29) is 18.2 Å². The maximum Gasteiger partial charge on any atom is 0.378 e. The number of carbonyl (C=O) groups excluding carboxylic acids is 1. The average molecular weight is 436 g/mol. The van der Waals surface area contributed by atoms with Gasteiger partial charge in [-0.25, -0.2) is 13.9 Å². The van der Waals surface area contributed by atoms with E-state index in [9.17, 15) is 9.18 Å². The molecular weight excluding hydrogens is 423 g/mol. The van der Waals surface area contributed by atoms with Crippen LogP contribution in [-0.4, -0.2) is 25.9 Å². The van der Waals surface area contributed by atoms with E-state index in [1.807, 2.05) is 17.5 Å². The number of nitrogens with zero attached hydrogens (tertiary/aromatic N) is 4. The molecule has 1 aromatic carbocycles. The Balaban J connectivity index is 1.38. The number of aromatic nitrogens is 4. The van der Waals surface area contributed by atoms with Crippen LogP contribution in [0.1, 0.15) is 16.3 Å². The van der Waals surface area contributed by atoms with Gasteiger partial charge < -0.3 is 13.7 Å². The molecule has 0 aliphatic heterocycles. The number of hydrogen-bond donors (Lipinski definition) is 0. The van der Waals surface area contributed by atoms with Crippen molar-refractivity contribution in [2.24, 2.45) is 0 Å². The molecule has 0 aliphatic carbocycles. The number of hydrogen-bond acceptors (Lipinski definition) is 8. The Kier molecular flexibility index (Phi) is 4.89. The van der Waals surface area contributed by atoms with Gasteiger partial charge >= 0.3 is 5.97 Å². The van der Waals surface area contributed by atoms with Gasteiger partial charge in [0.05, 0.1) is 16.8 Å². The predicted octanol–water partition coefficient (Wildman–Crippen LogP) is 4.74. The minimum absolute atomic E-state index is 0.123. The fourth-order valence-electron chi connectivity index (χ4n) is 2.84. The van der Waals surface area contributed by atoms with Crippen LogP contribution < -0.4 is 0 Å². The summed E-state index contributed by atoms with van der Waals surface area (Å²) >= 11 is 1.44. The maximum absolute atomic E-state index is 13.3. The van der Waals surface area contributed by atoms with E-state index in [0.717, 1.165) is 4.88 Å². The maximum atomic E-state index is 13.3. The molecule has 154 valence electrons. The topological polar surface area (TPSA) is 96.2 Å². The lowest BCUT2D eigenvalue weighted by atomic mass is 10.3. The lowest BCUT2D eigenvalue weighted by Gasteiger charge is -2.03. The summed E-state index contributed by atoms with van der Waals surface area (Å²) < 4.78 is 30.5. The van der Waals surface area contributed by atoms with E-state index in [1.54, 1.807) is 30.3 Å². The first kappa shape index (κ1) is 18.9. The Morgan fingerprint density at radius 2 is 2.00 bits per heavy atom. The third-order valence-corrected chi connectivity index (χ3v) is 5.14. The zero-order valence-corrected chi connectivity index (χ0v) is 16.6. The van der Waals surface area contributed by atoms with E-state index >= 15 is 0 Å². The van der Waals surface area contributed by atoms with E-state index in [2.05, 4.69) is 15.2 Å². The van der Waals surface area contributed by atoms with Gasteiger partial charge in [-0.2, -0.15) is 4.98 Å². The summed E-state index contributed by atoms with van der Waals surface area (Å²) in [6.45, 7) is -0.123. The molecule has 0 saturated carbocycles. The van der Waals surface area contributed by atoms with E-state index in [0.29, 0.717) is 28.7 Å². The monoisotopic (exact) mass is 436 g/mol. The van der Waals surface area contributed by atoms with Crippen molar-refractivity contribution in [3.63, 3.8) is 0 Å². The summed E-state index contributed by atoms with van der Waals surface area (Å²) in [5, 5.41) is 10.0. The summed E-state index contributed by atoms with van der Waals surface area (Å²) in [6.07, 6.45) is 1.52. The molecule has 0 bridgehead atoms. The zero-order valence-electron chi connectivity index (χ0n) is 15.8. The van der Waals surface area contributed by atoms with Crippen LogP contribution in [0.5, 0.6) is 0 Å². The third-order valence-electron chi connectivity index (χ3n) is 4.28. The van der Waals surface area contributed by atoms with Crippen molar-refractivity contribution < 1.29 is 22.9 Å². The van der Waals surface area contributed by atoms with Gasteiger partial charge in [0.1, 0.15) is 18.1 Å². The van der Waals surface area contributed by atoms with Crippen LogP contribution in [-0.2, 0) is 11.3 Å².